The van der Waals surface area contributed by atoms with Gasteiger partial charge in [-0.1, -0.05) is 30.2 Å². The number of ether oxygens (including phenoxy) is 1. The third-order valence-corrected chi connectivity index (χ3v) is 6.38. The highest BCUT2D eigenvalue weighted by molar-refractivity contribution is 7.15. The maximum absolute atomic E-state index is 12.7. The fourth-order valence-corrected chi connectivity index (χ4v) is 4.88. The Balaban J connectivity index is 1.87. The summed E-state index contributed by atoms with van der Waals surface area (Å²) in [5, 5.41) is 5.47. The number of anilines is 1. The Morgan fingerprint density at radius 3 is 2.72 bits per heavy atom. The summed E-state index contributed by atoms with van der Waals surface area (Å²) in [6.07, 6.45) is 3.47. The van der Waals surface area contributed by atoms with Gasteiger partial charge in [0.05, 0.1) is 13.2 Å². The number of hydrogen-bond donors (Lipinski definition) is 1. The number of esters is 1. The zero-order valence-electron chi connectivity index (χ0n) is 17.7. The number of nitrogens with one attached hydrogen (secondary N) is 1. The highest BCUT2D eigenvalue weighted by Gasteiger charge is 2.25. The molecule has 1 atom stereocenters. The molecule has 2 aromatic rings. The van der Waals surface area contributed by atoms with Crippen LogP contribution in [0.15, 0.2) is 23.6 Å². The van der Waals surface area contributed by atoms with E-state index in [4.69, 9.17) is 4.74 Å². The number of aryl methyl sites for hydroxylation is 2. The van der Waals surface area contributed by atoms with Crippen molar-refractivity contribution >= 4 is 28.2 Å². The number of benzene rings is 1. The minimum absolute atomic E-state index is 0.0849. The first-order chi connectivity index (χ1) is 13.9. The maximum Gasteiger partial charge on any atom is 0.341 e. The van der Waals surface area contributed by atoms with Crippen LogP contribution in [-0.2, 0) is 9.53 Å². The first-order valence-corrected chi connectivity index (χ1v) is 11.2. The molecule has 2 heterocycles. The molecule has 1 unspecified atom stereocenters. The van der Waals surface area contributed by atoms with Crippen LogP contribution in [-0.4, -0.2) is 42.5 Å². The van der Waals surface area contributed by atoms with Crippen LogP contribution in [0, 0.1) is 13.8 Å². The van der Waals surface area contributed by atoms with Gasteiger partial charge in [-0.2, -0.15) is 0 Å². The number of piperidine rings is 1. The third-order valence-electron chi connectivity index (χ3n) is 5.48. The number of amides is 1. The summed E-state index contributed by atoms with van der Waals surface area (Å²) >= 11 is 1.38. The van der Waals surface area contributed by atoms with Gasteiger partial charge in [-0.05, 0) is 58.2 Å². The summed E-state index contributed by atoms with van der Waals surface area (Å²) in [6.45, 7) is 9.61. The first kappa shape index (κ1) is 21.5. The Morgan fingerprint density at radius 1 is 1.24 bits per heavy atom. The van der Waals surface area contributed by atoms with E-state index in [-0.39, 0.29) is 5.91 Å². The molecule has 0 saturated carbocycles. The summed E-state index contributed by atoms with van der Waals surface area (Å²) in [7, 11) is 0. The second kappa shape index (κ2) is 9.55. The summed E-state index contributed by atoms with van der Waals surface area (Å²) in [5.41, 5.74) is 4.51. The number of nitrogens with zero attached hydrogens (tertiary/aromatic N) is 1. The van der Waals surface area contributed by atoms with E-state index in [1.807, 2.05) is 31.4 Å². The average molecular weight is 415 g/mol. The van der Waals surface area contributed by atoms with E-state index in [9.17, 15) is 9.59 Å². The zero-order valence-corrected chi connectivity index (χ0v) is 18.5. The van der Waals surface area contributed by atoms with Crippen LogP contribution >= 0.6 is 11.3 Å². The Morgan fingerprint density at radius 2 is 2.03 bits per heavy atom. The maximum atomic E-state index is 12.7. The van der Waals surface area contributed by atoms with Gasteiger partial charge in [-0.15, -0.1) is 11.3 Å². The molecular formula is C23H30N2O3S. The lowest BCUT2D eigenvalue weighted by molar-refractivity contribution is -0.118. The molecule has 156 valence electrons. The van der Waals surface area contributed by atoms with Crippen molar-refractivity contribution in [2.24, 2.45) is 0 Å². The van der Waals surface area contributed by atoms with E-state index in [0.29, 0.717) is 29.8 Å². The molecule has 1 aliphatic heterocycles. The van der Waals surface area contributed by atoms with Crippen LogP contribution < -0.4 is 5.32 Å². The number of carbonyl (C=O) groups is 2. The van der Waals surface area contributed by atoms with Crippen molar-refractivity contribution in [1.29, 1.82) is 0 Å². The fraction of sp³-hybridized carbons (Fsp3) is 0.478. The summed E-state index contributed by atoms with van der Waals surface area (Å²) in [6, 6.07) is 6.56. The number of rotatable bonds is 6. The summed E-state index contributed by atoms with van der Waals surface area (Å²) in [5.74, 6) is -0.483. The molecule has 29 heavy (non-hydrogen) atoms. The molecule has 5 nitrogen and oxygen atoms in total. The number of likely N-dealkylation sites (tertiary alicyclic amines) is 1. The Labute approximate surface area is 177 Å². The SMILES string of the molecule is CCOC(=O)c1c(-c2ccc(C)cc2C)csc1NC(=O)CN1CCCCC1C. The van der Waals surface area contributed by atoms with E-state index in [1.54, 1.807) is 6.92 Å². The molecule has 0 bridgehead atoms. The van der Waals surface area contributed by atoms with Gasteiger partial charge in [-0.3, -0.25) is 9.69 Å². The lowest BCUT2D eigenvalue weighted by Crippen LogP contribution is -2.42. The van der Waals surface area contributed by atoms with Crippen molar-refractivity contribution in [3.8, 4) is 11.1 Å². The van der Waals surface area contributed by atoms with Crippen LogP contribution in [0.25, 0.3) is 11.1 Å². The predicted molar refractivity (Wildman–Crippen MR) is 119 cm³/mol. The van der Waals surface area contributed by atoms with Gasteiger partial charge in [0.15, 0.2) is 0 Å². The van der Waals surface area contributed by atoms with Crippen molar-refractivity contribution in [3.05, 3.63) is 40.3 Å². The van der Waals surface area contributed by atoms with Gasteiger partial charge < -0.3 is 10.1 Å². The molecule has 3 rings (SSSR count). The van der Waals surface area contributed by atoms with Crippen LogP contribution in [0.5, 0.6) is 0 Å². The van der Waals surface area contributed by atoms with E-state index >= 15 is 0 Å². The third kappa shape index (κ3) is 5.06. The van der Waals surface area contributed by atoms with E-state index in [1.165, 1.54) is 23.3 Å². The van der Waals surface area contributed by atoms with Gasteiger partial charge in [0, 0.05) is 17.0 Å². The Kier molecular flexibility index (Phi) is 7.09. The minimum atomic E-state index is -0.398. The molecule has 0 radical (unpaired) electrons. The van der Waals surface area contributed by atoms with Crippen LogP contribution in [0.4, 0.5) is 5.00 Å². The molecule has 1 amide bonds. The topological polar surface area (TPSA) is 58.6 Å². The van der Waals surface area contributed by atoms with Crippen molar-refractivity contribution in [2.45, 2.75) is 53.0 Å². The van der Waals surface area contributed by atoms with Gasteiger partial charge in [0.2, 0.25) is 5.91 Å². The van der Waals surface area contributed by atoms with E-state index < -0.39 is 5.97 Å². The average Bonchev–Trinajstić information content (AvgIpc) is 3.07. The van der Waals surface area contributed by atoms with Crippen LogP contribution in [0.3, 0.4) is 0 Å². The molecule has 1 saturated heterocycles. The lowest BCUT2D eigenvalue weighted by atomic mass is 9.97. The quantitative estimate of drug-likeness (QED) is 0.674. The monoisotopic (exact) mass is 414 g/mol. The van der Waals surface area contributed by atoms with Gasteiger partial charge in [0.1, 0.15) is 10.6 Å². The molecule has 1 N–H and O–H groups in total. The second-order valence-corrected chi connectivity index (χ2v) is 8.64. The smallest absolute Gasteiger partial charge is 0.341 e. The lowest BCUT2D eigenvalue weighted by Gasteiger charge is -2.32. The highest BCUT2D eigenvalue weighted by Crippen LogP contribution is 2.38. The molecular weight excluding hydrogens is 384 g/mol. The van der Waals surface area contributed by atoms with Crippen LogP contribution in [0.2, 0.25) is 0 Å². The van der Waals surface area contributed by atoms with Crippen molar-refractivity contribution < 1.29 is 14.3 Å². The standard InChI is InChI=1S/C23H30N2O3S/c1-5-28-23(27)21-19(18-10-9-15(2)12-16(18)3)14-29-22(21)24-20(26)13-25-11-7-6-8-17(25)4/h9-10,12,14,17H,5-8,11,13H2,1-4H3,(H,24,26). The Bertz CT molecular complexity index is 890. The molecule has 6 heteroatoms. The minimum Gasteiger partial charge on any atom is -0.462 e. The van der Waals surface area contributed by atoms with Crippen molar-refractivity contribution in [2.75, 3.05) is 25.0 Å². The zero-order chi connectivity index (χ0) is 21.0. The molecule has 1 aromatic heterocycles. The number of hydrogen-bond acceptors (Lipinski definition) is 5. The van der Waals surface area contributed by atoms with Crippen molar-refractivity contribution in [1.82, 2.24) is 4.90 Å². The van der Waals surface area contributed by atoms with E-state index in [0.717, 1.165) is 36.1 Å². The van der Waals surface area contributed by atoms with Crippen molar-refractivity contribution in [3.63, 3.8) is 0 Å². The Hall–Kier alpha value is -2.18. The first-order valence-electron chi connectivity index (χ1n) is 10.3. The summed E-state index contributed by atoms with van der Waals surface area (Å²) in [4.78, 5) is 27.7. The predicted octanol–water partition coefficient (Wildman–Crippen LogP) is 5.02. The molecule has 1 aliphatic rings. The number of thiophene rings is 1. The largest absolute Gasteiger partial charge is 0.462 e. The second-order valence-electron chi connectivity index (χ2n) is 7.76. The van der Waals surface area contributed by atoms with Gasteiger partial charge in [-0.25, -0.2) is 4.79 Å². The molecule has 1 aromatic carbocycles. The van der Waals surface area contributed by atoms with Crippen LogP contribution in [0.1, 0.15) is 54.6 Å². The van der Waals surface area contributed by atoms with E-state index in [2.05, 4.69) is 23.2 Å². The molecule has 1 fully saturated rings. The highest BCUT2D eigenvalue weighted by atomic mass is 32.1. The molecule has 0 aliphatic carbocycles. The van der Waals surface area contributed by atoms with Gasteiger partial charge >= 0.3 is 5.97 Å². The molecule has 0 spiro atoms. The fourth-order valence-electron chi connectivity index (χ4n) is 3.91. The summed E-state index contributed by atoms with van der Waals surface area (Å²) < 4.78 is 5.31. The normalized spacial score (nSPS) is 17.2. The van der Waals surface area contributed by atoms with Gasteiger partial charge in [0.25, 0.3) is 0 Å². The number of carbonyl (C=O) groups excluding carboxylic acids is 2.